The minimum Gasteiger partial charge on any atom is -0.384 e. The van der Waals surface area contributed by atoms with Gasteiger partial charge in [-0.3, -0.25) is 18.7 Å². The molecule has 0 bridgehead atoms. The van der Waals surface area contributed by atoms with Gasteiger partial charge in [0, 0.05) is 25.1 Å². The first-order valence-corrected chi connectivity index (χ1v) is 12.3. The van der Waals surface area contributed by atoms with Crippen LogP contribution in [-0.4, -0.2) is 19.9 Å². The van der Waals surface area contributed by atoms with Gasteiger partial charge in [0.2, 0.25) is 5.78 Å². The Balaban J connectivity index is 1.81. The zero-order valence-corrected chi connectivity index (χ0v) is 20.4. The van der Waals surface area contributed by atoms with E-state index in [2.05, 4.69) is 13.8 Å². The molecule has 0 aliphatic heterocycles. The zero-order chi connectivity index (χ0) is 23.9. The molecule has 174 valence electrons. The maximum Gasteiger partial charge on any atom is 0.332 e. The summed E-state index contributed by atoms with van der Waals surface area (Å²) in [4.78, 5) is 44.3. The summed E-state index contributed by atoms with van der Waals surface area (Å²) in [6.45, 7) is 6.65. The van der Waals surface area contributed by atoms with Gasteiger partial charge in [0.15, 0.2) is 0 Å². The van der Waals surface area contributed by atoms with Gasteiger partial charge in [-0.05, 0) is 37.2 Å². The summed E-state index contributed by atoms with van der Waals surface area (Å²) < 4.78 is 2.47. The van der Waals surface area contributed by atoms with Crippen LogP contribution >= 0.6 is 11.3 Å². The van der Waals surface area contributed by atoms with Crippen molar-refractivity contribution in [1.29, 1.82) is 0 Å². The molecule has 0 radical (unpaired) electrons. The van der Waals surface area contributed by atoms with Crippen molar-refractivity contribution in [3.63, 3.8) is 0 Å². The van der Waals surface area contributed by atoms with Gasteiger partial charge in [-0.25, -0.2) is 9.78 Å². The van der Waals surface area contributed by atoms with Gasteiger partial charge < -0.3 is 5.73 Å². The van der Waals surface area contributed by atoms with Crippen molar-refractivity contribution < 1.29 is 4.79 Å². The summed E-state index contributed by atoms with van der Waals surface area (Å²) in [5, 5.41) is 0.402. The second kappa shape index (κ2) is 9.09. The number of rotatable bonds is 8. The van der Waals surface area contributed by atoms with Crippen LogP contribution in [0.15, 0.2) is 33.9 Å². The molecule has 1 aliphatic rings. The number of anilines is 1. The van der Waals surface area contributed by atoms with Crippen LogP contribution in [0.25, 0.3) is 10.6 Å². The number of carbonyl (C=O) groups excluding carboxylic acids is 1. The number of nitrogen functional groups attached to an aromatic ring is 1. The summed E-state index contributed by atoms with van der Waals surface area (Å²) in [6, 6.07) is 7.76. The lowest BCUT2D eigenvalue weighted by Gasteiger charge is -2.13. The SMILES string of the molecule is CCCn1c(N)c(-c2nc(C3CC3)c(C(=O)c3ccc([C@H](C)CC)cc3)s2)c(=O)n(C)c1=O. The molecule has 1 fully saturated rings. The first kappa shape index (κ1) is 23.2. The third kappa shape index (κ3) is 4.19. The number of carbonyl (C=O) groups is 1. The minimum absolute atomic E-state index is 0.0892. The topological polar surface area (TPSA) is 100.0 Å². The molecule has 2 N–H and O–H groups in total. The quantitative estimate of drug-likeness (QED) is 0.499. The molecular weight excluding hydrogens is 436 g/mol. The van der Waals surface area contributed by atoms with E-state index in [1.54, 1.807) is 0 Å². The Hall–Kier alpha value is -3.00. The summed E-state index contributed by atoms with van der Waals surface area (Å²) in [6.07, 6.45) is 3.68. The van der Waals surface area contributed by atoms with E-state index in [1.807, 2.05) is 31.2 Å². The van der Waals surface area contributed by atoms with E-state index in [0.717, 1.165) is 29.5 Å². The van der Waals surface area contributed by atoms with Crippen LogP contribution in [0.4, 0.5) is 5.82 Å². The van der Waals surface area contributed by atoms with Gasteiger partial charge in [-0.15, -0.1) is 11.3 Å². The van der Waals surface area contributed by atoms with Gasteiger partial charge in [-0.2, -0.15) is 0 Å². The molecule has 8 heteroatoms. The molecule has 0 saturated heterocycles. The molecule has 2 aromatic heterocycles. The fourth-order valence-corrected chi connectivity index (χ4v) is 5.15. The van der Waals surface area contributed by atoms with E-state index < -0.39 is 11.2 Å². The third-order valence-corrected chi connectivity index (χ3v) is 7.51. The van der Waals surface area contributed by atoms with Crippen LogP contribution in [0.3, 0.4) is 0 Å². The van der Waals surface area contributed by atoms with Crippen LogP contribution in [0.5, 0.6) is 0 Å². The zero-order valence-electron chi connectivity index (χ0n) is 19.6. The second-order valence-corrected chi connectivity index (χ2v) is 9.83. The van der Waals surface area contributed by atoms with Crippen LogP contribution < -0.4 is 17.0 Å². The fourth-order valence-electron chi connectivity index (χ4n) is 3.99. The van der Waals surface area contributed by atoms with E-state index in [0.29, 0.717) is 34.3 Å². The maximum atomic E-state index is 13.5. The average molecular weight is 467 g/mol. The van der Waals surface area contributed by atoms with Crippen molar-refractivity contribution in [3.8, 4) is 10.6 Å². The molecule has 1 aromatic carbocycles. The lowest BCUT2D eigenvalue weighted by molar-refractivity contribution is 0.104. The highest BCUT2D eigenvalue weighted by Gasteiger charge is 2.34. The Morgan fingerprint density at radius 1 is 1.21 bits per heavy atom. The molecule has 1 saturated carbocycles. The number of thiazole rings is 1. The molecule has 3 aromatic rings. The number of nitrogens with zero attached hydrogens (tertiary/aromatic N) is 3. The predicted molar refractivity (Wildman–Crippen MR) is 132 cm³/mol. The summed E-state index contributed by atoms with van der Waals surface area (Å²) in [5.41, 5.74) is 8.11. The number of aromatic nitrogens is 3. The van der Waals surface area contributed by atoms with Gasteiger partial charge >= 0.3 is 5.69 Å². The first-order chi connectivity index (χ1) is 15.8. The predicted octanol–water partition coefficient (Wildman–Crippen LogP) is 4.28. The van der Waals surface area contributed by atoms with Crippen molar-refractivity contribution >= 4 is 22.9 Å². The number of hydrogen-bond acceptors (Lipinski definition) is 6. The highest BCUT2D eigenvalue weighted by atomic mass is 32.1. The molecule has 1 atom stereocenters. The molecule has 33 heavy (non-hydrogen) atoms. The Morgan fingerprint density at radius 2 is 1.88 bits per heavy atom. The van der Waals surface area contributed by atoms with E-state index in [4.69, 9.17) is 10.7 Å². The van der Waals surface area contributed by atoms with Crippen molar-refractivity contribution in [2.24, 2.45) is 7.05 Å². The second-order valence-electron chi connectivity index (χ2n) is 8.83. The number of hydrogen-bond donors (Lipinski definition) is 1. The molecule has 0 spiro atoms. The molecule has 0 unspecified atom stereocenters. The Labute approximate surface area is 196 Å². The standard InChI is InChI=1S/C25H30N4O3S/c1-5-13-29-22(26)18(24(31)28(4)25(29)32)23-27-19(16-9-10-16)21(33-23)20(30)17-11-7-15(8-12-17)14(3)6-2/h7-8,11-12,14,16H,5-6,9-10,13,26H2,1-4H3/t14-/m1/s1. The van der Waals surface area contributed by atoms with Crippen LogP contribution in [-0.2, 0) is 13.6 Å². The number of benzene rings is 1. The van der Waals surface area contributed by atoms with Gasteiger partial charge in [-0.1, -0.05) is 45.0 Å². The largest absolute Gasteiger partial charge is 0.384 e. The normalized spacial score (nSPS) is 14.4. The fraction of sp³-hybridized carbons (Fsp3) is 0.440. The molecular formula is C25H30N4O3S. The van der Waals surface area contributed by atoms with Gasteiger partial charge in [0.25, 0.3) is 5.56 Å². The monoisotopic (exact) mass is 466 g/mol. The molecule has 7 nitrogen and oxygen atoms in total. The van der Waals surface area contributed by atoms with E-state index in [9.17, 15) is 14.4 Å². The van der Waals surface area contributed by atoms with Crippen LogP contribution in [0.1, 0.15) is 84.8 Å². The van der Waals surface area contributed by atoms with Crippen molar-refractivity contribution in [3.05, 3.63) is 66.8 Å². The number of nitrogens with two attached hydrogens (primary N) is 1. The van der Waals surface area contributed by atoms with E-state index in [1.165, 1.54) is 28.5 Å². The highest BCUT2D eigenvalue weighted by Crippen LogP contribution is 2.45. The smallest absolute Gasteiger partial charge is 0.332 e. The Kier molecular flexibility index (Phi) is 6.38. The van der Waals surface area contributed by atoms with Crippen molar-refractivity contribution in [1.82, 2.24) is 14.1 Å². The summed E-state index contributed by atoms with van der Waals surface area (Å²) in [5.74, 6) is 0.677. The molecule has 2 heterocycles. The van der Waals surface area contributed by atoms with E-state index in [-0.39, 0.29) is 23.1 Å². The van der Waals surface area contributed by atoms with Crippen LogP contribution in [0, 0.1) is 0 Å². The Morgan fingerprint density at radius 3 is 2.45 bits per heavy atom. The van der Waals surface area contributed by atoms with Gasteiger partial charge in [0.1, 0.15) is 16.4 Å². The third-order valence-electron chi connectivity index (χ3n) is 6.42. The van der Waals surface area contributed by atoms with Gasteiger partial charge in [0.05, 0.1) is 10.6 Å². The number of ketones is 1. The summed E-state index contributed by atoms with van der Waals surface area (Å²) in [7, 11) is 1.44. The maximum absolute atomic E-state index is 13.5. The van der Waals surface area contributed by atoms with E-state index >= 15 is 0 Å². The highest BCUT2D eigenvalue weighted by molar-refractivity contribution is 7.17. The summed E-state index contributed by atoms with van der Waals surface area (Å²) >= 11 is 1.20. The first-order valence-electron chi connectivity index (χ1n) is 11.5. The lowest BCUT2D eigenvalue weighted by atomic mass is 9.96. The Bertz CT molecular complexity index is 1310. The lowest BCUT2D eigenvalue weighted by Crippen LogP contribution is -2.40. The average Bonchev–Trinajstić information content (AvgIpc) is 3.59. The minimum atomic E-state index is -0.488. The molecule has 1 aliphatic carbocycles. The molecule has 4 rings (SSSR count). The molecule has 0 amide bonds. The van der Waals surface area contributed by atoms with Crippen molar-refractivity contribution in [2.45, 2.75) is 64.8 Å². The van der Waals surface area contributed by atoms with Crippen molar-refractivity contribution in [2.75, 3.05) is 5.73 Å². The van der Waals surface area contributed by atoms with Crippen LogP contribution in [0.2, 0.25) is 0 Å².